The van der Waals surface area contributed by atoms with Gasteiger partial charge in [0.25, 0.3) is 5.56 Å². The average Bonchev–Trinajstić information content (AvgIpc) is 2.66. The zero-order valence-corrected chi connectivity index (χ0v) is 13.4. The Morgan fingerprint density at radius 3 is 1.96 bits per heavy atom. The van der Waals surface area contributed by atoms with Crippen molar-refractivity contribution in [3.63, 3.8) is 0 Å². The molecule has 25 heavy (non-hydrogen) atoms. The Morgan fingerprint density at radius 1 is 1.00 bits per heavy atom. The quantitative estimate of drug-likeness (QED) is 0.767. The van der Waals surface area contributed by atoms with Gasteiger partial charge in [-0.15, -0.1) is 0 Å². The summed E-state index contributed by atoms with van der Waals surface area (Å²) in [6, 6.07) is 22.3. The van der Waals surface area contributed by atoms with Crippen LogP contribution in [0.4, 0.5) is 4.39 Å². The highest BCUT2D eigenvalue weighted by atomic mass is 19.1. The molecule has 0 aliphatic rings. The molecule has 2 aromatic carbocycles. The molecule has 3 rings (SSSR count). The molecule has 0 fully saturated rings. The zero-order chi connectivity index (χ0) is 17.9. The molecule has 0 amide bonds. The Kier molecular flexibility index (Phi) is 7.04. The lowest BCUT2D eigenvalue weighted by Gasteiger charge is -2.04. The third-order valence-corrected chi connectivity index (χ3v) is 3.21. The standard InChI is InChI=1S/C14H15N.C5H2FN3O/c1-3-7-13(8-4-1)11-15-12-14-9-5-2-6-10-14;6-4-2-8-5(10)3(1-7)9-4/h1-10,15H,11-12H2;2H,(H,8,10). The fourth-order valence-electron chi connectivity index (χ4n) is 2.00. The van der Waals surface area contributed by atoms with Crippen LogP contribution in [0.15, 0.2) is 71.7 Å². The largest absolute Gasteiger partial charge is 0.322 e. The molecule has 1 aromatic heterocycles. The average molecular weight is 336 g/mol. The van der Waals surface area contributed by atoms with E-state index in [2.05, 4.69) is 58.8 Å². The first kappa shape index (κ1) is 18.0. The predicted octanol–water partition coefficient (Wildman–Crippen LogP) is 2.76. The first-order chi connectivity index (χ1) is 12.2. The monoisotopic (exact) mass is 336 g/mol. The van der Waals surface area contributed by atoms with Gasteiger partial charge in [-0.1, -0.05) is 60.7 Å². The maximum Gasteiger partial charge on any atom is 0.284 e. The summed E-state index contributed by atoms with van der Waals surface area (Å²) in [6.45, 7) is 1.85. The van der Waals surface area contributed by atoms with Crippen molar-refractivity contribution in [2.24, 2.45) is 0 Å². The molecular weight excluding hydrogens is 319 g/mol. The molecule has 0 radical (unpaired) electrons. The van der Waals surface area contributed by atoms with E-state index in [4.69, 9.17) is 5.26 Å². The van der Waals surface area contributed by atoms with E-state index in [0.717, 1.165) is 19.3 Å². The Bertz CT molecular complexity index is 834. The lowest BCUT2D eigenvalue weighted by molar-refractivity contribution is 0.572. The second-order valence-electron chi connectivity index (χ2n) is 5.09. The van der Waals surface area contributed by atoms with E-state index in [1.54, 1.807) is 0 Å². The van der Waals surface area contributed by atoms with Crippen LogP contribution in [0, 0.1) is 17.3 Å². The number of nitrogens with zero attached hydrogens (tertiary/aromatic N) is 2. The summed E-state index contributed by atoms with van der Waals surface area (Å²) in [5, 5.41) is 11.6. The van der Waals surface area contributed by atoms with E-state index in [1.165, 1.54) is 17.2 Å². The number of hydrogen-bond acceptors (Lipinski definition) is 4. The highest BCUT2D eigenvalue weighted by Crippen LogP contribution is 2.00. The SMILES string of the molecule is N#Cc1nc(F)c[nH]c1=O.c1ccc(CNCc2ccccc2)cc1. The van der Waals surface area contributed by atoms with Gasteiger partial charge in [0, 0.05) is 13.1 Å². The van der Waals surface area contributed by atoms with Gasteiger partial charge in [-0.3, -0.25) is 4.79 Å². The lowest BCUT2D eigenvalue weighted by Crippen LogP contribution is -2.12. The minimum Gasteiger partial charge on any atom is -0.322 e. The molecular formula is C19H17FN4O. The summed E-state index contributed by atoms with van der Waals surface area (Å²) in [7, 11) is 0. The Balaban J connectivity index is 0.000000196. The van der Waals surface area contributed by atoms with Gasteiger partial charge in [0.05, 0.1) is 6.20 Å². The first-order valence-corrected chi connectivity index (χ1v) is 7.63. The number of rotatable bonds is 4. The molecule has 0 bridgehead atoms. The van der Waals surface area contributed by atoms with Gasteiger partial charge in [0.1, 0.15) is 6.07 Å². The van der Waals surface area contributed by atoms with Gasteiger partial charge in [-0.05, 0) is 11.1 Å². The van der Waals surface area contributed by atoms with Crippen LogP contribution in [0.5, 0.6) is 0 Å². The van der Waals surface area contributed by atoms with Gasteiger partial charge < -0.3 is 10.3 Å². The smallest absolute Gasteiger partial charge is 0.284 e. The van der Waals surface area contributed by atoms with Gasteiger partial charge in [0.15, 0.2) is 0 Å². The van der Waals surface area contributed by atoms with Crippen molar-refractivity contribution in [3.05, 3.63) is 100.0 Å². The third-order valence-electron chi connectivity index (χ3n) is 3.21. The summed E-state index contributed by atoms with van der Waals surface area (Å²) in [5.41, 5.74) is 1.52. The van der Waals surface area contributed by atoms with Gasteiger partial charge in [-0.25, -0.2) is 4.98 Å². The summed E-state index contributed by atoms with van der Waals surface area (Å²) in [5.74, 6) is -0.865. The van der Waals surface area contributed by atoms with Crippen molar-refractivity contribution >= 4 is 0 Å². The highest BCUT2D eigenvalue weighted by molar-refractivity contribution is 5.16. The van der Waals surface area contributed by atoms with Crippen LogP contribution in [-0.4, -0.2) is 9.97 Å². The maximum atomic E-state index is 12.1. The van der Waals surface area contributed by atoms with Crippen molar-refractivity contribution in [3.8, 4) is 6.07 Å². The minimum absolute atomic E-state index is 0.458. The molecule has 0 aliphatic heterocycles. The van der Waals surface area contributed by atoms with Gasteiger partial charge in [-0.2, -0.15) is 9.65 Å². The molecule has 0 unspecified atom stereocenters. The number of H-pyrrole nitrogens is 1. The predicted molar refractivity (Wildman–Crippen MR) is 93.0 cm³/mol. The molecule has 2 N–H and O–H groups in total. The molecule has 0 aliphatic carbocycles. The molecule has 5 nitrogen and oxygen atoms in total. The normalized spacial score (nSPS) is 9.60. The number of aromatic nitrogens is 2. The number of aromatic amines is 1. The number of halogens is 1. The molecule has 0 spiro atoms. The fraction of sp³-hybridized carbons (Fsp3) is 0.105. The van der Waals surface area contributed by atoms with E-state index in [0.29, 0.717) is 0 Å². The van der Waals surface area contributed by atoms with Crippen molar-refractivity contribution in [2.75, 3.05) is 0 Å². The third kappa shape index (κ3) is 6.37. The fourth-order valence-corrected chi connectivity index (χ4v) is 2.00. The number of nitriles is 1. The number of hydrogen-bond donors (Lipinski definition) is 2. The van der Waals surface area contributed by atoms with E-state index in [9.17, 15) is 9.18 Å². The van der Waals surface area contributed by atoms with Crippen molar-refractivity contribution < 1.29 is 4.39 Å². The van der Waals surface area contributed by atoms with Gasteiger partial charge >= 0.3 is 0 Å². The van der Waals surface area contributed by atoms with E-state index in [-0.39, 0.29) is 0 Å². The van der Waals surface area contributed by atoms with E-state index >= 15 is 0 Å². The second kappa shape index (κ2) is 9.75. The van der Waals surface area contributed by atoms with Crippen LogP contribution in [0.3, 0.4) is 0 Å². The number of nitrogens with one attached hydrogen (secondary N) is 2. The van der Waals surface area contributed by atoms with Crippen LogP contribution in [0.1, 0.15) is 16.8 Å². The highest BCUT2D eigenvalue weighted by Gasteiger charge is 1.99. The van der Waals surface area contributed by atoms with Crippen molar-refractivity contribution in [1.82, 2.24) is 15.3 Å². The Morgan fingerprint density at radius 2 is 1.52 bits per heavy atom. The van der Waals surface area contributed by atoms with Crippen molar-refractivity contribution in [1.29, 1.82) is 5.26 Å². The molecule has 0 saturated heterocycles. The number of benzene rings is 2. The zero-order valence-electron chi connectivity index (χ0n) is 13.4. The summed E-state index contributed by atoms with van der Waals surface area (Å²) < 4.78 is 12.1. The maximum absolute atomic E-state index is 12.1. The minimum atomic E-state index is -0.865. The Labute approximate surface area is 144 Å². The van der Waals surface area contributed by atoms with E-state index < -0.39 is 17.2 Å². The molecule has 0 atom stereocenters. The second-order valence-corrected chi connectivity index (χ2v) is 5.09. The van der Waals surface area contributed by atoms with Crippen LogP contribution < -0.4 is 10.9 Å². The Hall–Kier alpha value is -3.30. The topological polar surface area (TPSA) is 81.6 Å². The van der Waals surface area contributed by atoms with Crippen LogP contribution in [0.25, 0.3) is 0 Å². The first-order valence-electron chi connectivity index (χ1n) is 7.63. The van der Waals surface area contributed by atoms with Crippen molar-refractivity contribution in [2.45, 2.75) is 13.1 Å². The van der Waals surface area contributed by atoms with E-state index in [1.807, 2.05) is 17.1 Å². The van der Waals surface area contributed by atoms with Crippen LogP contribution >= 0.6 is 0 Å². The van der Waals surface area contributed by atoms with Crippen LogP contribution in [-0.2, 0) is 13.1 Å². The summed E-state index contributed by atoms with van der Waals surface area (Å²) in [6.07, 6.45) is 0.795. The molecule has 0 saturated carbocycles. The summed E-state index contributed by atoms with van der Waals surface area (Å²) in [4.78, 5) is 15.5. The van der Waals surface area contributed by atoms with Gasteiger partial charge in [0.2, 0.25) is 11.6 Å². The molecule has 3 aromatic rings. The summed E-state index contributed by atoms with van der Waals surface area (Å²) >= 11 is 0. The molecule has 6 heteroatoms. The molecule has 1 heterocycles. The van der Waals surface area contributed by atoms with Crippen LogP contribution in [0.2, 0.25) is 0 Å². The lowest BCUT2D eigenvalue weighted by atomic mass is 10.2. The molecule has 126 valence electrons.